The van der Waals surface area contributed by atoms with E-state index in [1.54, 1.807) is 0 Å². The zero-order valence-electron chi connectivity index (χ0n) is 9.64. The van der Waals surface area contributed by atoms with E-state index in [2.05, 4.69) is 10.4 Å². The van der Waals surface area contributed by atoms with Crippen molar-refractivity contribution in [3.63, 3.8) is 0 Å². The molecule has 0 aliphatic heterocycles. The summed E-state index contributed by atoms with van der Waals surface area (Å²) in [5.74, 6) is 6.09. The quantitative estimate of drug-likeness (QED) is 0.646. The molecule has 5 heteroatoms. The molecule has 0 unspecified atom stereocenters. The summed E-state index contributed by atoms with van der Waals surface area (Å²) in [6, 6.07) is 3.80. The molecular weight excluding hydrogens is 257 g/mol. The van der Waals surface area contributed by atoms with Crippen LogP contribution in [-0.4, -0.2) is 4.98 Å². The lowest BCUT2D eigenvalue weighted by Gasteiger charge is -2.11. The highest BCUT2D eigenvalue weighted by atomic mass is 35.5. The van der Waals surface area contributed by atoms with E-state index in [-0.39, 0.29) is 0 Å². The van der Waals surface area contributed by atoms with Crippen molar-refractivity contribution in [1.29, 1.82) is 0 Å². The van der Waals surface area contributed by atoms with Gasteiger partial charge in [0.2, 0.25) is 0 Å². The number of nitrogens with one attached hydrogen (secondary N) is 1. The molecule has 3 N–H and O–H groups in total. The van der Waals surface area contributed by atoms with Crippen LogP contribution in [0, 0.1) is 6.92 Å². The molecule has 0 atom stereocenters. The first-order chi connectivity index (χ1) is 8.08. The normalized spacial score (nSPS) is 10.9. The predicted octanol–water partition coefficient (Wildman–Crippen LogP) is 3.70. The van der Waals surface area contributed by atoms with Crippen LogP contribution in [0.2, 0.25) is 10.0 Å². The largest absolute Gasteiger partial charge is 0.308 e. The minimum absolute atomic E-state index is 0.584. The summed E-state index contributed by atoms with van der Waals surface area (Å²) >= 11 is 12.4. The molecule has 1 aromatic heterocycles. The maximum absolute atomic E-state index is 6.27. The van der Waals surface area contributed by atoms with Gasteiger partial charge in [0, 0.05) is 5.39 Å². The molecule has 0 spiro atoms. The van der Waals surface area contributed by atoms with E-state index in [0.29, 0.717) is 21.4 Å². The van der Waals surface area contributed by atoms with E-state index in [4.69, 9.17) is 29.0 Å². The van der Waals surface area contributed by atoms with Crippen LogP contribution >= 0.6 is 23.2 Å². The Morgan fingerprint density at radius 2 is 2.06 bits per heavy atom. The Kier molecular flexibility index (Phi) is 3.43. The number of anilines is 1. The highest BCUT2D eigenvalue weighted by molar-refractivity contribution is 6.40. The summed E-state index contributed by atoms with van der Waals surface area (Å²) < 4.78 is 0. The Balaban J connectivity index is 2.87. The highest BCUT2D eigenvalue weighted by Gasteiger charge is 2.12. The second-order valence-electron chi connectivity index (χ2n) is 3.88. The predicted molar refractivity (Wildman–Crippen MR) is 73.7 cm³/mol. The van der Waals surface area contributed by atoms with E-state index >= 15 is 0 Å². The number of rotatable bonds is 2. The fraction of sp³-hybridized carbons (Fsp3) is 0.250. The average Bonchev–Trinajstić information content (AvgIpc) is 2.34. The Morgan fingerprint density at radius 1 is 1.35 bits per heavy atom. The number of pyridine rings is 1. The first-order valence-corrected chi connectivity index (χ1v) is 6.09. The van der Waals surface area contributed by atoms with Crippen molar-refractivity contribution in [2.24, 2.45) is 5.84 Å². The zero-order valence-corrected chi connectivity index (χ0v) is 11.2. The first-order valence-electron chi connectivity index (χ1n) is 5.33. The summed E-state index contributed by atoms with van der Waals surface area (Å²) in [5.41, 5.74) is 5.22. The van der Waals surface area contributed by atoms with Crippen molar-refractivity contribution in [3.8, 4) is 0 Å². The number of nitrogen functional groups attached to an aromatic ring is 1. The first kappa shape index (κ1) is 12.4. The topological polar surface area (TPSA) is 50.9 Å². The summed E-state index contributed by atoms with van der Waals surface area (Å²) in [7, 11) is 0. The number of benzene rings is 1. The van der Waals surface area contributed by atoms with Gasteiger partial charge in [-0.25, -0.2) is 10.8 Å². The molecule has 0 saturated carbocycles. The van der Waals surface area contributed by atoms with Crippen LogP contribution in [-0.2, 0) is 6.42 Å². The Labute approximate surface area is 110 Å². The Bertz CT molecular complexity index is 582. The van der Waals surface area contributed by atoms with Crippen LogP contribution in [0.3, 0.4) is 0 Å². The smallest absolute Gasteiger partial charge is 0.143 e. The number of nitrogens with zero attached hydrogens (tertiary/aromatic N) is 1. The zero-order chi connectivity index (χ0) is 12.6. The highest BCUT2D eigenvalue weighted by Crippen LogP contribution is 2.33. The number of hydrazine groups is 1. The summed E-state index contributed by atoms with van der Waals surface area (Å²) in [6.07, 6.45) is 0.824. The van der Waals surface area contributed by atoms with Crippen LogP contribution < -0.4 is 11.3 Å². The maximum atomic E-state index is 6.27. The second-order valence-corrected chi connectivity index (χ2v) is 4.66. The molecule has 1 heterocycles. The molecule has 3 nitrogen and oxygen atoms in total. The molecule has 0 bridgehead atoms. The molecule has 0 radical (unpaired) electrons. The van der Waals surface area contributed by atoms with Gasteiger partial charge in [-0.15, -0.1) is 0 Å². The number of aromatic nitrogens is 1. The van der Waals surface area contributed by atoms with Gasteiger partial charge in [0.15, 0.2) is 0 Å². The van der Waals surface area contributed by atoms with Crippen LogP contribution in [0.15, 0.2) is 12.1 Å². The number of hydrogen-bond donors (Lipinski definition) is 2. The monoisotopic (exact) mass is 269 g/mol. The third-order valence-electron chi connectivity index (χ3n) is 2.77. The molecule has 0 fully saturated rings. The number of halogens is 2. The third kappa shape index (κ3) is 2.06. The molecule has 1 aromatic carbocycles. The van der Waals surface area contributed by atoms with E-state index in [1.807, 2.05) is 26.0 Å². The van der Waals surface area contributed by atoms with Gasteiger partial charge < -0.3 is 5.43 Å². The van der Waals surface area contributed by atoms with Gasteiger partial charge in [0.1, 0.15) is 5.82 Å². The van der Waals surface area contributed by atoms with Crippen molar-refractivity contribution in [2.75, 3.05) is 5.43 Å². The maximum Gasteiger partial charge on any atom is 0.143 e. The van der Waals surface area contributed by atoms with Crippen molar-refractivity contribution >= 4 is 39.9 Å². The lowest BCUT2D eigenvalue weighted by Crippen LogP contribution is -2.11. The van der Waals surface area contributed by atoms with Gasteiger partial charge in [0.25, 0.3) is 0 Å². The number of fused-ring (bicyclic) bond motifs is 1. The SMILES string of the molecule is CCc1cc2c(Cl)c(C)cc(Cl)c2nc1NN. The number of hydrogen-bond acceptors (Lipinski definition) is 3. The molecule has 0 amide bonds. The minimum Gasteiger partial charge on any atom is -0.308 e. The van der Waals surface area contributed by atoms with Crippen LogP contribution in [0.5, 0.6) is 0 Å². The molecular formula is C12H13Cl2N3. The van der Waals surface area contributed by atoms with Crippen LogP contribution in [0.4, 0.5) is 5.82 Å². The van der Waals surface area contributed by atoms with E-state index in [0.717, 1.165) is 22.9 Å². The average molecular weight is 270 g/mol. The lowest BCUT2D eigenvalue weighted by atomic mass is 10.1. The van der Waals surface area contributed by atoms with Gasteiger partial charge in [0.05, 0.1) is 15.6 Å². The van der Waals surface area contributed by atoms with Gasteiger partial charge >= 0.3 is 0 Å². The van der Waals surface area contributed by atoms with Crippen molar-refractivity contribution in [2.45, 2.75) is 20.3 Å². The van der Waals surface area contributed by atoms with Crippen LogP contribution in [0.1, 0.15) is 18.1 Å². The van der Waals surface area contributed by atoms with Gasteiger partial charge in [-0.05, 0) is 36.6 Å². The third-order valence-corrected chi connectivity index (χ3v) is 3.56. The van der Waals surface area contributed by atoms with Crippen molar-refractivity contribution in [1.82, 2.24) is 4.98 Å². The summed E-state index contributed by atoms with van der Waals surface area (Å²) in [5, 5.41) is 2.14. The van der Waals surface area contributed by atoms with E-state index in [1.165, 1.54) is 0 Å². The van der Waals surface area contributed by atoms with Gasteiger partial charge in [-0.3, -0.25) is 0 Å². The second kappa shape index (κ2) is 4.69. The molecule has 17 heavy (non-hydrogen) atoms. The molecule has 2 aromatic rings. The summed E-state index contributed by atoms with van der Waals surface area (Å²) in [4.78, 5) is 4.41. The van der Waals surface area contributed by atoms with Gasteiger partial charge in [-0.1, -0.05) is 30.1 Å². The fourth-order valence-corrected chi connectivity index (χ4v) is 2.34. The number of nitrogens with two attached hydrogens (primary N) is 1. The lowest BCUT2D eigenvalue weighted by molar-refractivity contribution is 1.10. The summed E-state index contributed by atoms with van der Waals surface area (Å²) in [6.45, 7) is 3.96. The van der Waals surface area contributed by atoms with Crippen molar-refractivity contribution in [3.05, 3.63) is 33.3 Å². The Morgan fingerprint density at radius 3 is 2.65 bits per heavy atom. The Hall–Kier alpha value is -1.03. The van der Waals surface area contributed by atoms with E-state index < -0.39 is 0 Å². The molecule has 90 valence electrons. The standard InChI is InChI=1S/C12H13Cl2N3/c1-3-7-5-8-10(14)6(2)4-9(13)11(8)16-12(7)17-15/h4-5H,3,15H2,1-2H3,(H,16,17). The van der Waals surface area contributed by atoms with E-state index in [9.17, 15) is 0 Å². The minimum atomic E-state index is 0.584. The molecule has 2 rings (SSSR count). The number of aryl methyl sites for hydroxylation is 2. The molecule has 0 aliphatic rings. The van der Waals surface area contributed by atoms with Crippen molar-refractivity contribution < 1.29 is 0 Å². The van der Waals surface area contributed by atoms with Crippen LogP contribution in [0.25, 0.3) is 10.9 Å². The molecule has 0 aliphatic carbocycles. The van der Waals surface area contributed by atoms with Gasteiger partial charge in [-0.2, -0.15) is 0 Å². The molecule has 0 saturated heterocycles. The fourth-order valence-electron chi connectivity index (χ4n) is 1.83.